The van der Waals surface area contributed by atoms with Crippen LogP contribution < -0.4 is 10.1 Å². The first-order valence-electron chi connectivity index (χ1n) is 9.19. The number of ether oxygens (including phenoxy) is 2. The van der Waals surface area contributed by atoms with E-state index in [1.807, 2.05) is 0 Å². The van der Waals surface area contributed by atoms with Crippen molar-refractivity contribution < 1.29 is 23.9 Å². The smallest absolute Gasteiger partial charge is 0.325 e. The summed E-state index contributed by atoms with van der Waals surface area (Å²) in [5.41, 5.74) is 1.70. The lowest BCUT2D eigenvalue weighted by atomic mass is 10.0. The summed E-state index contributed by atoms with van der Waals surface area (Å²) in [6.45, 7) is -0.0328. The van der Waals surface area contributed by atoms with Crippen molar-refractivity contribution >= 4 is 23.3 Å². The Morgan fingerprint density at radius 1 is 0.967 bits per heavy atom. The second kappa shape index (κ2) is 11.3. The summed E-state index contributed by atoms with van der Waals surface area (Å²) in [4.78, 5) is 35.2. The number of esters is 1. The van der Waals surface area contributed by atoms with Gasteiger partial charge in [0.15, 0.2) is 5.78 Å². The van der Waals surface area contributed by atoms with Crippen molar-refractivity contribution in [2.75, 3.05) is 34.4 Å². The maximum absolute atomic E-state index is 12.6. The molecular formula is C21H24N4O5. The Morgan fingerprint density at radius 2 is 1.57 bits per heavy atom. The number of hydrogen-bond acceptors (Lipinski definition) is 7. The van der Waals surface area contributed by atoms with Crippen LogP contribution in [0.25, 0.3) is 0 Å². The summed E-state index contributed by atoms with van der Waals surface area (Å²) in [5.74, 6) is -0.426. The van der Waals surface area contributed by atoms with Gasteiger partial charge in [0, 0.05) is 25.2 Å². The second-order valence-electron chi connectivity index (χ2n) is 6.39. The zero-order chi connectivity index (χ0) is 21.9. The number of amides is 1. The summed E-state index contributed by atoms with van der Waals surface area (Å²) in [6, 6.07) is 13.5. The van der Waals surface area contributed by atoms with Gasteiger partial charge in [-0.3, -0.25) is 19.4 Å². The number of ketones is 1. The molecule has 158 valence electrons. The van der Waals surface area contributed by atoms with Crippen molar-refractivity contribution in [3.05, 3.63) is 59.7 Å². The van der Waals surface area contributed by atoms with Gasteiger partial charge in [-0.25, -0.2) is 0 Å². The van der Waals surface area contributed by atoms with Gasteiger partial charge in [-0.2, -0.15) is 0 Å². The van der Waals surface area contributed by atoms with E-state index < -0.39 is 5.97 Å². The minimum absolute atomic E-state index is 0.0924. The molecule has 0 radical (unpaired) electrons. The summed E-state index contributed by atoms with van der Waals surface area (Å²) < 4.78 is 9.94. The zero-order valence-electron chi connectivity index (χ0n) is 17.1. The fourth-order valence-corrected chi connectivity index (χ4v) is 2.28. The van der Waals surface area contributed by atoms with Crippen molar-refractivity contribution in [2.45, 2.75) is 6.42 Å². The third kappa shape index (κ3) is 7.34. The number of nitrogens with one attached hydrogen (secondary N) is 1. The Hall–Kier alpha value is -3.75. The molecule has 1 amide bonds. The largest absolute Gasteiger partial charge is 0.493 e. The highest BCUT2D eigenvalue weighted by atomic mass is 16.5. The zero-order valence-corrected chi connectivity index (χ0v) is 17.1. The minimum atomic E-state index is -0.517. The average molecular weight is 412 g/mol. The van der Waals surface area contributed by atoms with Gasteiger partial charge in [0.2, 0.25) is 5.91 Å². The Morgan fingerprint density at radius 3 is 2.13 bits per heavy atom. The highest BCUT2D eigenvalue weighted by Crippen LogP contribution is 2.18. The van der Waals surface area contributed by atoms with Crippen LogP contribution >= 0.6 is 0 Å². The number of carbonyl (C=O) groups excluding carboxylic acids is 3. The Kier molecular flexibility index (Phi) is 8.49. The number of methoxy groups -OCH3 is 1. The molecule has 0 aliphatic heterocycles. The van der Waals surface area contributed by atoms with Crippen molar-refractivity contribution in [1.82, 2.24) is 10.3 Å². The van der Waals surface area contributed by atoms with Gasteiger partial charge in [-0.05, 0) is 48.5 Å². The first-order valence-corrected chi connectivity index (χ1v) is 9.19. The fourth-order valence-electron chi connectivity index (χ4n) is 2.28. The lowest BCUT2D eigenvalue weighted by Crippen LogP contribution is -2.30. The Balaban J connectivity index is 1.85. The molecule has 0 spiro atoms. The lowest BCUT2D eigenvalue weighted by molar-refractivity contribution is -0.141. The van der Waals surface area contributed by atoms with Gasteiger partial charge in [0.25, 0.3) is 0 Å². The maximum atomic E-state index is 12.6. The van der Waals surface area contributed by atoms with E-state index in [1.165, 1.54) is 7.11 Å². The molecule has 0 aromatic heterocycles. The molecule has 0 heterocycles. The Bertz CT molecular complexity index is 893. The highest BCUT2D eigenvalue weighted by molar-refractivity contribution is 6.09. The molecule has 0 saturated heterocycles. The molecule has 0 atom stereocenters. The summed E-state index contributed by atoms with van der Waals surface area (Å²) >= 11 is 0. The van der Waals surface area contributed by atoms with E-state index in [9.17, 15) is 14.4 Å². The van der Waals surface area contributed by atoms with Gasteiger partial charge in [0.1, 0.15) is 12.3 Å². The average Bonchev–Trinajstić information content (AvgIpc) is 2.76. The van der Waals surface area contributed by atoms with Crippen LogP contribution in [0, 0.1) is 0 Å². The molecule has 0 fully saturated rings. The van der Waals surface area contributed by atoms with Crippen LogP contribution in [0.3, 0.4) is 0 Å². The number of carbonyl (C=O) groups is 3. The van der Waals surface area contributed by atoms with E-state index >= 15 is 0 Å². The van der Waals surface area contributed by atoms with Gasteiger partial charge >= 0.3 is 5.97 Å². The molecule has 2 aromatic carbocycles. The molecule has 9 nitrogen and oxygen atoms in total. The van der Waals surface area contributed by atoms with Gasteiger partial charge in [0.05, 0.1) is 25.8 Å². The molecule has 9 heteroatoms. The van der Waals surface area contributed by atoms with Crippen molar-refractivity contribution in [3.8, 4) is 5.75 Å². The van der Waals surface area contributed by atoms with Crippen LogP contribution in [-0.4, -0.2) is 57.0 Å². The third-order valence-electron chi connectivity index (χ3n) is 3.84. The van der Waals surface area contributed by atoms with Crippen LogP contribution in [0.2, 0.25) is 0 Å². The van der Waals surface area contributed by atoms with E-state index in [-0.39, 0.29) is 31.3 Å². The summed E-state index contributed by atoms with van der Waals surface area (Å²) in [6.07, 6.45) is 0.0924. The Labute approximate surface area is 174 Å². The third-order valence-corrected chi connectivity index (χ3v) is 3.84. The van der Waals surface area contributed by atoms with Crippen LogP contribution in [0.1, 0.15) is 22.3 Å². The first-order chi connectivity index (χ1) is 14.4. The van der Waals surface area contributed by atoms with E-state index in [1.54, 1.807) is 67.6 Å². The second-order valence-corrected chi connectivity index (χ2v) is 6.39. The topological polar surface area (TPSA) is 110 Å². The predicted molar refractivity (Wildman–Crippen MR) is 110 cm³/mol. The van der Waals surface area contributed by atoms with Crippen LogP contribution in [-0.2, 0) is 14.3 Å². The molecule has 2 aromatic rings. The van der Waals surface area contributed by atoms with Crippen molar-refractivity contribution in [3.63, 3.8) is 0 Å². The molecular weight excluding hydrogens is 388 g/mol. The number of benzene rings is 2. The van der Waals surface area contributed by atoms with Crippen LogP contribution in [0.15, 0.2) is 58.9 Å². The maximum Gasteiger partial charge on any atom is 0.325 e. The molecule has 0 aliphatic rings. The lowest BCUT2D eigenvalue weighted by Gasteiger charge is -2.08. The van der Waals surface area contributed by atoms with Crippen molar-refractivity contribution in [2.24, 2.45) is 10.3 Å². The van der Waals surface area contributed by atoms with Gasteiger partial charge in [-0.1, -0.05) is 5.22 Å². The van der Waals surface area contributed by atoms with Gasteiger partial charge < -0.3 is 14.8 Å². The summed E-state index contributed by atoms with van der Waals surface area (Å²) in [5, 5.41) is 11.9. The van der Waals surface area contributed by atoms with Crippen molar-refractivity contribution in [1.29, 1.82) is 0 Å². The summed E-state index contributed by atoms with van der Waals surface area (Å²) in [7, 11) is 4.79. The van der Waals surface area contributed by atoms with Gasteiger partial charge in [-0.15, -0.1) is 5.11 Å². The molecule has 0 aliphatic carbocycles. The van der Waals surface area contributed by atoms with E-state index in [4.69, 9.17) is 4.74 Å². The van der Waals surface area contributed by atoms with E-state index in [0.29, 0.717) is 22.6 Å². The monoisotopic (exact) mass is 412 g/mol. The molecule has 0 unspecified atom stereocenters. The molecule has 30 heavy (non-hydrogen) atoms. The number of hydrogen-bond donors (Lipinski definition) is 1. The SMILES string of the molecule is COC(=O)CNC(=O)CCOc1ccc(C(=O)c2ccc(/N=N/N(C)C)cc2)cc1. The van der Waals surface area contributed by atoms with E-state index in [2.05, 4.69) is 20.4 Å². The minimum Gasteiger partial charge on any atom is -0.493 e. The molecule has 1 N–H and O–H groups in total. The highest BCUT2D eigenvalue weighted by Gasteiger charge is 2.10. The van der Waals surface area contributed by atoms with Crippen LogP contribution in [0.5, 0.6) is 5.75 Å². The molecule has 0 bridgehead atoms. The standard InChI is InChI=1S/C21H24N4O5/c1-25(2)24-23-17-8-4-15(5-9-17)21(28)16-6-10-18(11-7-16)30-13-12-19(26)22-14-20(27)29-3/h4-11H,12-14H2,1-3H3,(H,22,26)/b24-23+. The van der Waals surface area contributed by atoms with E-state index in [0.717, 1.165) is 0 Å². The molecule has 0 saturated carbocycles. The molecule has 2 rings (SSSR count). The predicted octanol–water partition coefficient (Wildman–Crippen LogP) is 2.54. The fraction of sp³-hybridized carbons (Fsp3) is 0.286. The van der Waals surface area contributed by atoms with Crippen LogP contribution in [0.4, 0.5) is 5.69 Å². The number of rotatable bonds is 10. The first kappa shape index (κ1) is 22.5. The quantitative estimate of drug-likeness (QED) is 0.278. The number of nitrogens with zero attached hydrogens (tertiary/aromatic N) is 3. The normalized spacial score (nSPS) is 10.5.